The van der Waals surface area contributed by atoms with E-state index in [0.29, 0.717) is 12.5 Å². The number of pyridine rings is 1. The van der Waals surface area contributed by atoms with Crippen LogP contribution < -0.4 is 4.74 Å². The molecular formula is C21H20AsClN3O. The molecule has 1 radical (unpaired) electrons. The number of halogens is 1. The molecule has 4 nitrogen and oxygen atoms in total. The Balaban J connectivity index is 1.91. The van der Waals surface area contributed by atoms with Crippen molar-refractivity contribution >= 4 is 49.3 Å². The molecule has 0 bridgehead atoms. The average molecular weight is 441 g/mol. The fourth-order valence-corrected chi connectivity index (χ4v) is 4.33. The van der Waals surface area contributed by atoms with Gasteiger partial charge in [-0.15, -0.1) is 11.6 Å². The van der Waals surface area contributed by atoms with Crippen LogP contribution in [0.5, 0.6) is 5.75 Å². The Morgan fingerprint density at radius 2 is 2.26 bits per heavy atom. The first-order chi connectivity index (χ1) is 13.3. The molecule has 0 saturated carbocycles. The van der Waals surface area contributed by atoms with Gasteiger partial charge in [-0.25, -0.2) is 0 Å². The van der Waals surface area contributed by atoms with Gasteiger partial charge in [0, 0.05) is 0 Å². The third-order valence-corrected chi connectivity index (χ3v) is 5.63. The third-order valence-electron chi connectivity index (χ3n) is 4.89. The molecule has 0 N–H and O–H groups in total. The van der Waals surface area contributed by atoms with Crippen molar-refractivity contribution in [3.8, 4) is 16.9 Å². The van der Waals surface area contributed by atoms with Crippen molar-refractivity contribution in [1.29, 1.82) is 0 Å². The van der Waals surface area contributed by atoms with E-state index in [2.05, 4.69) is 56.0 Å². The van der Waals surface area contributed by atoms with Crippen LogP contribution in [0.15, 0.2) is 36.5 Å². The molecular weight excluding hydrogens is 421 g/mol. The summed E-state index contributed by atoms with van der Waals surface area (Å²) in [6.45, 7) is 3.53. The molecule has 3 aromatic rings. The van der Waals surface area contributed by atoms with E-state index in [0.717, 1.165) is 47.3 Å². The van der Waals surface area contributed by atoms with Gasteiger partial charge in [-0.1, -0.05) is 0 Å². The molecule has 0 unspecified atom stereocenters. The topological polar surface area (TPSA) is 39.9 Å². The molecule has 0 aliphatic carbocycles. The summed E-state index contributed by atoms with van der Waals surface area (Å²) >= 11 is 8.27. The van der Waals surface area contributed by atoms with Gasteiger partial charge in [-0.05, 0) is 0 Å². The van der Waals surface area contributed by atoms with E-state index in [1.54, 1.807) is 0 Å². The van der Waals surface area contributed by atoms with Crippen LogP contribution in [0.4, 0.5) is 0 Å². The number of benzene rings is 1. The van der Waals surface area contributed by atoms with Gasteiger partial charge in [0.1, 0.15) is 0 Å². The molecule has 1 aliphatic heterocycles. The first kappa shape index (κ1) is 18.5. The Morgan fingerprint density at radius 3 is 3.04 bits per heavy atom. The van der Waals surface area contributed by atoms with Gasteiger partial charge >= 0.3 is 161 Å². The van der Waals surface area contributed by atoms with Crippen molar-refractivity contribution in [1.82, 2.24) is 14.8 Å². The first-order valence-corrected chi connectivity index (χ1v) is 10.7. The molecule has 137 valence electrons. The van der Waals surface area contributed by atoms with Crippen LogP contribution >= 0.6 is 11.6 Å². The summed E-state index contributed by atoms with van der Waals surface area (Å²) < 4.78 is 7.82. The molecule has 0 fully saturated rings. The fraction of sp³-hybridized carbons (Fsp3) is 0.286. The minimum absolute atomic E-state index is 0.468. The number of ether oxygens (including phenoxy) is 1. The zero-order chi connectivity index (χ0) is 18.8. The fourth-order valence-electron chi connectivity index (χ4n) is 3.68. The van der Waals surface area contributed by atoms with Gasteiger partial charge in [-0.3, -0.25) is 0 Å². The van der Waals surface area contributed by atoms with Crippen LogP contribution in [0.1, 0.15) is 24.7 Å². The Labute approximate surface area is 172 Å². The quantitative estimate of drug-likeness (QED) is 0.429. The molecule has 2 aromatic heterocycles. The normalized spacial score (nSPS) is 13.8. The number of nitrogens with zero attached hydrogens (tertiary/aromatic N) is 3. The number of alkyl halides is 1. The molecule has 0 spiro atoms. The Morgan fingerprint density at radius 1 is 1.37 bits per heavy atom. The van der Waals surface area contributed by atoms with E-state index < -0.39 is 0 Å². The molecule has 6 heteroatoms. The number of aromatic nitrogens is 3. The van der Waals surface area contributed by atoms with Crippen LogP contribution in [-0.2, 0) is 13.0 Å². The van der Waals surface area contributed by atoms with Crippen molar-refractivity contribution < 1.29 is 4.74 Å². The zero-order valence-corrected chi connectivity index (χ0v) is 17.8. The molecule has 4 rings (SSSR count). The number of hydrogen-bond donors (Lipinski definition) is 0. The van der Waals surface area contributed by atoms with E-state index in [1.807, 2.05) is 18.3 Å². The second-order valence-electron chi connectivity index (χ2n) is 6.45. The van der Waals surface area contributed by atoms with Crippen molar-refractivity contribution in [3.63, 3.8) is 0 Å². The SMILES string of the molecule is C/C=C(\C=[As])c1nn2c(c1-c1ccnc3cc(OCCCl)ccc13)CCC2. The molecule has 1 aromatic carbocycles. The summed E-state index contributed by atoms with van der Waals surface area (Å²) in [4.78, 5) is 6.63. The minimum atomic E-state index is 0.468. The predicted octanol–water partition coefficient (Wildman–Crippen LogP) is 4.04. The monoisotopic (exact) mass is 440 g/mol. The van der Waals surface area contributed by atoms with Crippen molar-refractivity contribution in [2.75, 3.05) is 12.5 Å². The van der Waals surface area contributed by atoms with Gasteiger partial charge in [-0.2, -0.15) is 0 Å². The second kappa shape index (κ2) is 8.00. The molecule has 0 atom stereocenters. The third kappa shape index (κ3) is 3.37. The maximum atomic E-state index is 5.73. The molecule has 3 heterocycles. The Hall–Kier alpha value is -1.90. The Bertz CT molecular complexity index is 1040. The summed E-state index contributed by atoms with van der Waals surface area (Å²) in [7, 11) is 0. The standard InChI is InChI=1S/C21H20AsClN3O/c1-2-14(13-22)21-20(19-4-3-10-26(19)25-21)17-7-9-24-18-12-15(27-11-8-23)5-6-16(17)18/h2,5-7,9,12-13H,3-4,8,10-11H2,1H3/b14-2+. The molecule has 27 heavy (non-hydrogen) atoms. The number of hydrogen-bond acceptors (Lipinski definition) is 3. The van der Waals surface area contributed by atoms with E-state index in [-0.39, 0.29) is 0 Å². The van der Waals surface area contributed by atoms with Crippen LogP contribution in [-0.4, -0.2) is 48.5 Å². The number of fused-ring (bicyclic) bond motifs is 2. The van der Waals surface area contributed by atoms with Crippen LogP contribution in [0.3, 0.4) is 0 Å². The summed E-state index contributed by atoms with van der Waals surface area (Å²) in [6.07, 6.45) is 6.18. The zero-order valence-electron chi connectivity index (χ0n) is 15.2. The maximum absolute atomic E-state index is 5.73. The van der Waals surface area contributed by atoms with Gasteiger partial charge in [0.15, 0.2) is 0 Å². The van der Waals surface area contributed by atoms with Gasteiger partial charge < -0.3 is 0 Å². The first-order valence-electron chi connectivity index (χ1n) is 9.08. The van der Waals surface area contributed by atoms with Gasteiger partial charge in [0.2, 0.25) is 0 Å². The summed E-state index contributed by atoms with van der Waals surface area (Å²) in [5.74, 6) is 1.26. The van der Waals surface area contributed by atoms with Gasteiger partial charge in [0.25, 0.3) is 0 Å². The molecule has 0 saturated heterocycles. The average Bonchev–Trinajstić information content (AvgIpc) is 3.28. The second-order valence-corrected chi connectivity index (χ2v) is 7.36. The summed E-state index contributed by atoms with van der Waals surface area (Å²) in [5.41, 5.74) is 6.82. The van der Waals surface area contributed by atoms with E-state index >= 15 is 0 Å². The summed E-state index contributed by atoms with van der Waals surface area (Å²) in [6, 6.07) is 8.15. The van der Waals surface area contributed by atoms with Crippen LogP contribution in [0.2, 0.25) is 0 Å². The van der Waals surface area contributed by atoms with Gasteiger partial charge in [0.05, 0.1) is 0 Å². The van der Waals surface area contributed by atoms with Crippen LogP contribution in [0, 0.1) is 0 Å². The van der Waals surface area contributed by atoms with E-state index in [1.165, 1.54) is 16.8 Å². The van der Waals surface area contributed by atoms with E-state index in [4.69, 9.17) is 21.4 Å². The Kier molecular flexibility index (Phi) is 5.47. The van der Waals surface area contributed by atoms with Crippen LogP contribution in [0.25, 0.3) is 27.6 Å². The number of allylic oxidation sites excluding steroid dienone is 2. The number of aryl methyl sites for hydroxylation is 1. The summed E-state index contributed by atoms with van der Waals surface area (Å²) in [5, 5.41) is 6.03. The molecule has 1 aliphatic rings. The molecule has 0 amide bonds. The van der Waals surface area contributed by atoms with E-state index in [9.17, 15) is 0 Å². The van der Waals surface area contributed by atoms with Crippen molar-refractivity contribution in [2.24, 2.45) is 0 Å². The predicted molar refractivity (Wildman–Crippen MR) is 113 cm³/mol. The number of rotatable bonds is 6. The van der Waals surface area contributed by atoms with Crippen molar-refractivity contribution in [2.45, 2.75) is 26.3 Å². The van der Waals surface area contributed by atoms with Crippen molar-refractivity contribution in [3.05, 3.63) is 47.9 Å².